The summed E-state index contributed by atoms with van der Waals surface area (Å²) in [4.78, 5) is 32.0. The van der Waals surface area contributed by atoms with Crippen LogP contribution in [0.15, 0.2) is 48.5 Å². The third-order valence-corrected chi connectivity index (χ3v) is 7.39. The SMILES string of the molecule is COC(=O)c1c(NC(=O)c2cc(-c3ccc(OC)c(OC)c3)nc3ccccc23)sc2c1CCC2. The van der Waals surface area contributed by atoms with Gasteiger partial charge in [-0.25, -0.2) is 9.78 Å². The molecule has 2 aromatic heterocycles. The number of amides is 1. The van der Waals surface area contributed by atoms with Crippen molar-refractivity contribution in [3.8, 4) is 22.8 Å². The van der Waals surface area contributed by atoms with Gasteiger partial charge in [-0.1, -0.05) is 18.2 Å². The first-order valence-corrected chi connectivity index (χ1v) is 12.0. The highest BCUT2D eigenvalue weighted by atomic mass is 32.1. The molecule has 0 radical (unpaired) electrons. The van der Waals surface area contributed by atoms with Crippen LogP contribution in [0.3, 0.4) is 0 Å². The summed E-state index contributed by atoms with van der Waals surface area (Å²) in [5.74, 6) is 0.443. The van der Waals surface area contributed by atoms with Crippen molar-refractivity contribution in [2.75, 3.05) is 26.6 Å². The number of thiophene rings is 1. The Morgan fingerprint density at radius 3 is 2.54 bits per heavy atom. The fourth-order valence-electron chi connectivity index (χ4n) is 4.49. The van der Waals surface area contributed by atoms with Crippen LogP contribution in [0, 0.1) is 0 Å². The molecule has 8 heteroatoms. The second-order valence-corrected chi connectivity index (χ2v) is 9.25. The molecule has 0 saturated carbocycles. The first kappa shape index (κ1) is 22.9. The summed E-state index contributed by atoms with van der Waals surface area (Å²) < 4.78 is 15.8. The lowest BCUT2D eigenvalue weighted by Crippen LogP contribution is -2.15. The average molecular weight is 489 g/mol. The lowest BCUT2D eigenvalue weighted by atomic mass is 10.0. The second kappa shape index (κ2) is 9.38. The number of hydrogen-bond donors (Lipinski definition) is 1. The van der Waals surface area contributed by atoms with Crippen LogP contribution in [0.1, 0.15) is 37.6 Å². The van der Waals surface area contributed by atoms with Gasteiger partial charge in [-0.05, 0) is 55.2 Å². The Kier molecular flexibility index (Phi) is 6.13. The summed E-state index contributed by atoms with van der Waals surface area (Å²) in [6, 6.07) is 14.8. The first-order chi connectivity index (χ1) is 17.0. The van der Waals surface area contributed by atoms with E-state index in [0.29, 0.717) is 38.8 Å². The van der Waals surface area contributed by atoms with Gasteiger partial charge in [0, 0.05) is 15.8 Å². The van der Waals surface area contributed by atoms with Gasteiger partial charge in [0.05, 0.1) is 43.7 Å². The number of nitrogens with one attached hydrogen (secondary N) is 1. The van der Waals surface area contributed by atoms with Gasteiger partial charge in [-0.3, -0.25) is 4.79 Å². The number of rotatable bonds is 6. The van der Waals surface area contributed by atoms with E-state index >= 15 is 0 Å². The van der Waals surface area contributed by atoms with Crippen LogP contribution in [0.25, 0.3) is 22.2 Å². The van der Waals surface area contributed by atoms with Gasteiger partial charge in [0.15, 0.2) is 11.5 Å². The van der Waals surface area contributed by atoms with Gasteiger partial charge >= 0.3 is 5.97 Å². The zero-order chi connectivity index (χ0) is 24.5. The van der Waals surface area contributed by atoms with E-state index in [2.05, 4.69) is 5.32 Å². The van der Waals surface area contributed by atoms with Crippen LogP contribution >= 0.6 is 11.3 Å². The van der Waals surface area contributed by atoms with E-state index in [4.69, 9.17) is 19.2 Å². The predicted molar refractivity (Wildman–Crippen MR) is 136 cm³/mol. The number of carbonyl (C=O) groups is 2. The van der Waals surface area contributed by atoms with Crippen molar-refractivity contribution in [1.29, 1.82) is 0 Å². The minimum Gasteiger partial charge on any atom is -0.493 e. The number of esters is 1. The molecule has 0 spiro atoms. The maximum Gasteiger partial charge on any atom is 0.341 e. The normalized spacial score (nSPS) is 12.3. The van der Waals surface area contributed by atoms with Crippen molar-refractivity contribution < 1.29 is 23.8 Å². The number of hydrogen-bond acceptors (Lipinski definition) is 7. The van der Waals surface area contributed by atoms with E-state index in [0.717, 1.165) is 40.7 Å². The maximum atomic E-state index is 13.6. The highest BCUT2D eigenvalue weighted by Crippen LogP contribution is 2.40. The van der Waals surface area contributed by atoms with E-state index in [9.17, 15) is 9.59 Å². The van der Waals surface area contributed by atoms with Crippen molar-refractivity contribution in [3.63, 3.8) is 0 Å². The molecule has 2 heterocycles. The third-order valence-electron chi connectivity index (χ3n) is 6.18. The molecule has 178 valence electrons. The minimum absolute atomic E-state index is 0.310. The van der Waals surface area contributed by atoms with Crippen molar-refractivity contribution >= 4 is 39.1 Å². The molecule has 1 amide bonds. The van der Waals surface area contributed by atoms with Gasteiger partial charge in [0.2, 0.25) is 0 Å². The van der Waals surface area contributed by atoms with Gasteiger partial charge in [-0.2, -0.15) is 0 Å². The van der Waals surface area contributed by atoms with E-state index in [-0.39, 0.29) is 5.91 Å². The zero-order valence-corrected chi connectivity index (χ0v) is 20.5. The molecule has 0 atom stereocenters. The number of fused-ring (bicyclic) bond motifs is 2. The Labute approximate surface area is 206 Å². The van der Waals surface area contributed by atoms with Crippen LogP contribution in [-0.4, -0.2) is 38.2 Å². The number of aromatic nitrogens is 1. The Bertz CT molecular complexity index is 1460. The number of aryl methyl sites for hydroxylation is 1. The lowest BCUT2D eigenvalue weighted by Gasteiger charge is -2.13. The van der Waals surface area contributed by atoms with Gasteiger partial charge in [0.1, 0.15) is 5.00 Å². The summed E-state index contributed by atoms with van der Waals surface area (Å²) in [6.07, 6.45) is 2.72. The predicted octanol–water partition coefficient (Wildman–Crippen LogP) is 5.51. The quantitative estimate of drug-likeness (QED) is 0.360. The van der Waals surface area contributed by atoms with Gasteiger partial charge in [-0.15, -0.1) is 11.3 Å². The van der Waals surface area contributed by atoms with Crippen molar-refractivity contribution in [2.24, 2.45) is 0 Å². The zero-order valence-electron chi connectivity index (χ0n) is 19.6. The Morgan fingerprint density at radius 1 is 0.971 bits per heavy atom. The summed E-state index contributed by atoms with van der Waals surface area (Å²) >= 11 is 1.45. The van der Waals surface area contributed by atoms with E-state index in [1.165, 1.54) is 18.4 Å². The van der Waals surface area contributed by atoms with Crippen molar-refractivity contribution in [2.45, 2.75) is 19.3 Å². The molecule has 0 fully saturated rings. The Hall–Kier alpha value is -3.91. The fraction of sp³-hybridized carbons (Fsp3) is 0.222. The molecule has 35 heavy (non-hydrogen) atoms. The molecule has 2 aromatic carbocycles. The van der Waals surface area contributed by atoms with Crippen molar-refractivity contribution in [3.05, 3.63) is 70.1 Å². The van der Waals surface area contributed by atoms with Gasteiger partial charge < -0.3 is 19.5 Å². The highest BCUT2D eigenvalue weighted by Gasteiger charge is 2.28. The lowest BCUT2D eigenvalue weighted by molar-refractivity contribution is 0.0601. The number of methoxy groups -OCH3 is 3. The van der Waals surface area contributed by atoms with Crippen LogP contribution < -0.4 is 14.8 Å². The summed E-state index contributed by atoms with van der Waals surface area (Å²) in [7, 11) is 4.52. The monoisotopic (exact) mass is 488 g/mol. The third kappa shape index (κ3) is 4.10. The molecular formula is C27H24N2O5S. The molecule has 1 aliphatic carbocycles. The van der Waals surface area contributed by atoms with Gasteiger partial charge in [0.25, 0.3) is 5.91 Å². The van der Waals surface area contributed by atoms with E-state index < -0.39 is 5.97 Å². The number of ether oxygens (including phenoxy) is 3. The number of nitrogens with zero attached hydrogens (tertiary/aromatic N) is 1. The fourth-order valence-corrected chi connectivity index (χ4v) is 5.76. The largest absolute Gasteiger partial charge is 0.493 e. The molecular weight excluding hydrogens is 464 g/mol. The summed E-state index contributed by atoms with van der Waals surface area (Å²) in [6.45, 7) is 0. The van der Waals surface area contributed by atoms with Crippen LogP contribution in [0.2, 0.25) is 0 Å². The number of anilines is 1. The molecule has 0 saturated heterocycles. The smallest absolute Gasteiger partial charge is 0.341 e. The molecule has 5 rings (SSSR count). The average Bonchev–Trinajstić information content (AvgIpc) is 3.48. The molecule has 1 N–H and O–H groups in total. The number of benzene rings is 2. The van der Waals surface area contributed by atoms with Crippen LogP contribution in [-0.2, 0) is 17.6 Å². The molecule has 7 nitrogen and oxygen atoms in total. The van der Waals surface area contributed by atoms with E-state index in [1.807, 2.05) is 36.4 Å². The topological polar surface area (TPSA) is 86.8 Å². The number of carbonyl (C=O) groups excluding carboxylic acids is 2. The summed E-state index contributed by atoms with van der Waals surface area (Å²) in [5, 5.41) is 4.24. The molecule has 1 aliphatic rings. The number of pyridine rings is 1. The summed E-state index contributed by atoms with van der Waals surface area (Å²) in [5.41, 5.74) is 4.01. The Morgan fingerprint density at radius 2 is 1.77 bits per heavy atom. The first-order valence-electron chi connectivity index (χ1n) is 11.2. The standard InChI is InChI=1S/C27H24N2O5S/c1-32-21-12-11-15(13-22(21)33-2)20-14-18(16-7-4-5-9-19(16)28-20)25(30)29-26-24(27(31)34-3)17-8-6-10-23(17)35-26/h4-5,7,9,11-14H,6,8,10H2,1-3H3,(H,29,30). The van der Waals surface area contributed by atoms with Crippen LogP contribution in [0.5, 0.6) is 11.5 Å². The molecule has 0 bridgehead atoms. The minimum atomic E-state index is -0.426. The molecule has 0 aliphatic heterocycles. The maximum absolute atomic E-state index is 13.6. The van der Waals surface area contributed by atoms with E-state index in [1.54, 1.807) is 26.4 Å². The highest BCUT2D eigenvalue weighted by molar-refractivity contribution is 7.17. The number of para-hydroxylation sites is 1. The molecule has 4 aromatic rings. The van der Waals surface area contributed by atoms with Crippen molar-refractivity contribution in [1.82, 2.24) is 4.98 Å². The Balaban J connectivity index is 1.59. The van der Waals surface area contributed by atoms with Crippen LogP contribution in [0.4, 0.5) is 5.00 Å². The second-order valence-electron chi connectivity index (χ2n) is 8.15. The molecule has 0 unspecified atom stereocenters.